The molecule has 3 aromatic carbocycles. The first-order valence-corrected chi connectivity index (χ1v) is 19.3. The highest BCUT2D eigenvalue weighted by atomic mass is 79.9. The molecule has 2 fully saturated rings. The van der Waals surface area contributed by atoms with E-state index in [-0.39, 0.29) is 49.4 Å². The molecular formula is C41H44BrN5O9. The number of carbonyl (C=O) groups is 3. The number of rotatable bonds is 13. The summed E-state index contributed by atoms with van der Waals surface area (Å²) in [6, 6.07) is 23.8. The number of aliphatic hydroxyl groups excluding tert-OH is 1. The highest BCUT2D eigenvalue weighted by Gasteiger charge is 2.55. The Hall–Kier alpha value is -4.93. The molecule has 7 rings (SSSR count). The summed E-state index contributed by atoms with van der Waals surface area (Å²) >= 11 is 3.38. The number of methoxy groups -OCH3 is 1. The van der Waals surface area contributed by atoms with Crippen molar-refractivity contribution in [2.75, 3.05) is 32.2 Å². The third kappa shape index (κ3) is 8.56. The van der Waals surface area contributed by atoms with Crippen molar-refractivity contribution in [3.8, 4) is 11.1 Å². The summed E-state index contributed by atoms with van der Waals surface area (Å²) in [6.07, 6.45) is -0.170. The number of alkyl carbamates (subject to hydrolysis) is 1. The third-order valence-corrected chi connectivity index (χ3v) is 10.6. The number of benzene rings is 3. The van der Waals surface area contributed by atoms with E-state index in [2.05, 4.69) is 43.7 Å². The van der Waals surface area contributed by atoms with Crippen LogP contribution in [0, 0.1) is 0 Å². The average molecular weight is 831 g/mol. The van der Waals surface area contributed by atoms with Crippen molar-refractivity contribution >= 4 is 39.7 Å². The molecular weight excluding hydrogens is 786 g/mol. The Morgan fingerprint density at radius 3 is 2.32 bits per heavy atom. The van der Waals surface area contributed by atoms with E-state index in [1.165, 1.54) is 7.11 Å². The maximum Gasteiger partial charge on any atom is 0.407 e. The van der Waals surface area contributed by atoms with Crippen molar-refractivity contribution in [2.24, 2.45) is 4.99 Å². The van der Waals surface area contributed by atoms with Gasteiger partial charge in [0, 0.05) is 28.7 Å². The largest absolute Gasteiger partial charge is 0.467 e. The first-order valence-electron chi connectivity index (χ1n) is 18.5. The molecule has 2 aliphatic heterocycles. The minimum Gasteiger partial charge on any atom is -0.467 e. The van der Waals surface area contributed by atoms with Gasteiger partial charge in [-0.15, -0.1) is 0 Å². The molecule has 2 amide bonds. The minimum absolute atomic E-state index is 0.113. The predicted molar refractivity (Wildman–Crippen MR) is 207 cm³/mol. The van der Waals surface area contributed by atoms with E-state index in [1.54, 1.807) is 54.9 Å². The minimum atomic E-state index is -0.932. The number of unbranched alkanes of at least 4 members (excludes halogenated alkanes) is 1. The number of carbonyl (C=O) groups excluding carboxylic acids is 3. The van der Waals surface area contributed by atoms with E-state index in [0.717, 1.165) is 26.7 Å². The van der Waals surface area contributed by atoms with Gasteiger partial charge in [0.05, 0.1) is 13.7 Å². The van der Waals surface area contributed by atoms with Gasteiger partial charge in [-0.25, -0.2) is 9.59 Å². The lowest BCUT2D eigenvalue weighted by molar-refractivity contribution is -0.200. The second kappa shape index (κ2) is 17.1. The molecule has 3 N–H and O–H groups in total. The van der Waals surface area contributed by atoms with Gasteiger partial charge < -0.3 is 39.4 Å². The zero-order valence-corrected chi connectivity index (χ0v) is 32.8. The molecule has 15 heteroatoms. The van der Waals surface area contributed by atoms with Gasteiger partial charge in [0.1, 0.15) is 36.8 Å². The number of esters is 1. The van der Waals surface area contributed by atoms with Crippen LogP contribution >= 0.6 is 15.9 Å². The van der Waals surface area contributed by atoms with Crippen LogP contribution in [-0.2, 0) is 28.5 Å². The maximum atomic E-state index is 13.0. The number of nitrogens with one attached hydrogen (secondary N) is 2. The molecule has 2 saturated heterocycles. The van der Waals surface area contributed by atoms with Crippen LogP contribution in [0.5, 0.6) is 0 Å². The fraction of sp³-hybridized carbons (Fsp3) is 0.390. The van der Waals surface area contributed by atoms with Crippen LogP contribution in [0.3, 0.4) is 0 Å². The maximum absolute atomic E-state index is 13.0. The summed E-state index contributed by atoms with van der Waals surface area (Å²) < 4.78 is 31.6. The molecule has 3 aliphatic rings. The summed E-state index contributed by atoms with van der Waals surface area (Å²) in [5.41, 5.74) is 5.10. The lowest BCUT2D eigenvalue weighted by Crippen LogP contribution is -2.42. The van der Waals surface area contributed by atoms with Gasteiger partial charge >= 0.3 is 12.1 Å². The van der Waals surface area contributed by atoms with Crippen molar-refractivity contribution < 1.29 is 43.2 Å². The SMILES string of the molecule is COC(=O)[C@H](CCCCN=c1nc(NC(=O)c2ccc(Br)cc2)ccn1[C@@H]1O[C@H](CO)[C@H]2OC(C)(C)O[C@H]21)NC(=O)OCC1c2ccccc2-c2ccccc21. The summed E-state index contributed by atoms with van der Waals surface area (Å²) in [6.45, 7) is 3.72. The number of fused-ring (bicyclic) bond motifs is 4. The van der Waals surface area contributed by atoms with Crippen LogP contribution in [0.25, 0.3) is 11.1 Å². The number of aliphatic hydroxyl groups is 1. The lowest BCUT2D eigenvalue weighted by atomic mass is 9.98. The van der Waals surface area contributed by atoms with Crippen molar-refractivity contribution in [1.82, 2.24) is 14.9 Å². The molecule has 3 heterocycles. The van der Waals surface area contributed by atoms with Gasteiger partial charge in [-0.05, 0) is 85.7 Å². The summed E-state index contributed by atoms with van der Waals surface area (Å²) in [7, 11) is 1.27. The molecule has 0 saturated carbocycles. The quantitative estimate of drug-likeness (QED) is 0.116. The third-order valence-electron chi connectivity index (χ3n) is 10.0. The molecule has 56 heavy (non-hydrogen) atoms. The normalized spacial score (nSPS) is 21.5. The molecule has 294 valence electrons. The van der Waals surface area contributed by atoms with E-state index >= 15 is 0 Å². The number of halogens is 1. The smallest absolute Gasteiger partial charge is 0.407 e. The van der Waals surface area contributed by atoms with Gasteiger partial charge in [0.15, 0.2) is 12.0 Å². The van der Waals surface area contributed by atoms with E-state index in [1.807, 2.05) is 36.4 Å². The Morgan fingerprint density at radius 1 is 0.964 bits per heavy atom. The molecule has 5 atom stereocenters. The van der Waals surface area contributed by atoms with Crippen LogP contribution in [0.2, 0.25) is 0 Å². The van der Waals surface area contributed by atoms with Crippen molar-refractivity contribution in [1.29, 1.82) is 0 Å². The number of aromatic nitrogens is 2. The Bertz CT molecular complexity index is 2100. The Morgan fingerprint density at radius 2 is 1.64 bits per heavy atom. The van der Waals surface area contributed by atoms with Crippen LogP contribution in [-0.4, -0.2) is 89.6 Å². The van der Waals surface area contributed by atoms with Crippen LogP contribution in [0.4, 0.5) is 10.6 Å². The van der Waals surface area contributed by atoms with Gasteiger partial charge in [0.2, 0.25) is 5.62 Å². The van der Waals surface area contributed by atoms with Crippen LogP contribution in [0.15, 0.2) is 94.5 Å². The van der Waals surface area contributed by atoms with Gasteiger partial charge in [-0.3, -0.25) is 14.4 Å². The Balaban J connectivity index is 1.02. The van der Waals surface area contributed by atoms with E-state index in [4.69, 9.17) is 28.7 Å². The zero-order valence-electron chi connectivity index (χ0n) is 31.2. The molecule has 0 spiro atoms. The Kier molecular flexibility index (Phi) is 12.0. The fourth-order valence-electron chi connectivity index (χ4n) is 7.44. The molecule has 0 bridgehead atoms. The standard InChI is InChI=1S/C41H44BrN5O9/c1-41(2)55-34-32(22-48)54-37(35(34)56-41)47-21-19-33(45-36(49)24-15-17-25(42)18-16-24)46-39(47)43-20-9-8-14-31(38(50)52-3)44-40(51)53-23-30-28-12-6-4-10-26(28)27-11-5-7-13-29(27)30/h4-7,10-13,15-19,21,30-32,34-35,37,48H,8-9,14,20,22-23H2,1-3H3,(H,44,51)(H,43,45,46,49)/t31-,32+,34+,35+,37+/m0/s1. The predicted octanol–water partition coefficient (Wildman–Crippen LogP) is 5.46. The van der Waals surface area contributed by atoms with E-state index < -0.39 is 48.4 Å². The van der Waals surface area contributed by atoms with Gasteiger partial charge in [-0.1, -0.05) is 64.5 Å². The molecule has 1 aliphatic carbocycles. The molecule has 0 radical (unpaired) electrons. The van der Waals surface area contributed by atoms with Gasteiger partial charge in [0.25, 0.3) is 5.91 Å². The number of hydrogen-bond acceptors (Lipinski definition) is 11. The zero-order chi connectivity index (χ0) is 39.4. The van der Waals surface area contributed by atoms with Crippen molar-refractivity contribution in [2.45, 2.75) is 75.4 Å². The van der Waals surface area contributed by atoms with Crippen LogP contribution in [0.1, 0.15) is 66.7 Å². The number of hydrogen-bond donors (Lipinski definition) is 3. The monoisotopic (exact) mass is 829 g/mol. The highest BCUT2D eigenvalue weighted by Crippen LogP contribution is 2.45. The Labute approximate surface area is 332 Å². The number of ether oxygens (including phenoxy) is 5. The number of nitrogens with zero attached hydrogens (tertiary/aromatic N) is 3. The summed E-state index contributed by atoms with van der Waals surface area (Å²) in [5.74, 6) is -1.68. The molecule has 0 unspecified atom stereocenters. The lowest BCUT2D eigenvalue weighted by Gasteiger charge is -2.25. The fourth-order valence-corrected chi connectivity index (χ4v) is 7.70. The van der Waals surface area contributed by atoms with Crippen molar-refractivity contribution in [3.05, 3.63) is 112 Å². The summed E-state index contributed by atoms with van der Waals surface area (Å²) in [5, 5.41) is 15.6. The number of anilines is 1. The highest BCUT2D eigenvalue weighted by molar-refractivity contribution is 9.10. The van der Waals surface area contributed by atoms with Crippen LogP contribution < -0.4 is 16.3 Å². The number of amides is 2. The second-order valence-electron chi connectivity index (χ2n) is 14.2. The molecule has 1 aromatic heterocycles. The first-order chi connectivity index (χ1) is 27.0. The average Bonchev–Trinajstić information content (AvgIpc) is 3.82. The molecule has 4 aromatic rings. The van der Waals surface area contributed by atoms with Crippen molar-refractivity contribution in [3.63, 3.8) is 0 Å². The first kappa shape index (κ1) is 39.3. The van der Waals surface area contributed by atoms with E-state index in [9.17, 15) is 19.5 Å². The second-order valence-corrected chi connectivity index (χ2v) is 15.1. The topological polar surface area (TPSA) is 172 Å². The van der Waals surface area contributed by atoms with E-state index in [0.29, 0.717) is 18.4 Å². The van der Waals surface area contributed by atoms with Gasteiger partial charge in [-0.2, -0.15) is 4.98 Å². The molecule has 14 nitrogen and oxygen atoms in total. The summed E-state index contributed by atoms with van der Waals surface area (Å²) in [4.78, 5) is 48.2.